The van der Waals surface area contributed by atoms with E-state index in [-0.39, 0.29) is 5.16 Å². The summed E-state index contributed by atoms with van der Waals surface area (Å²) in [6.45, 7) is 13.0. The van der Waals surface area contributed by atoms with Gasteiger partial charge in [0.05, 0.1) is 16.3 Å². The average molecular weight is 342 g/mol. The molecule has 2 aromatic rings. The van der Waals surface area contributed by atoms with Crippen molar-refractivity contribution in [2.45, 2.75) is 58.3 Å². The molecule has 0 aromatic heterocycles. The number of hydrogen-bond donors (Lipinski definition) is 0. The highest BCUT2D eigenvalue weighted by Gasteiger charge is 2.30. The second-order valence-electron chi connectivity index (χ2n) is 6.91. The molecule has 2 nitrogen and oxygen atoms in total. The summed E-state index contributed by atoms with van der Waals surface area (Å²) in [4.78, 5) is 2.52. The molecule has 130 valence electrons. The number of hydrogen-bond acceptors (Lipinski definition) is 2. The third-order valence-corrected chi connectivity index (χ3v) is 6.45. The zero-order valence-corrected chi connectivity index (χ0v) is 16.8. The summed E-state index contributed by atoms with van der Waals surface area (Å²) in [6.07, 6.45) is 2.31. The highest BCUT2D eigenvalue weighted by atomic mass is 28.2. The molecule has 24 heavy (non-hydrogen) atoms. The molecule has 0 bridgehead atoms. The van der Waals surface area contributed by atoms with Crippen LogP contribution in [0.2, 0.25) is 6.55 Å². The first-order chi connectivity index (χ1) is 11.5. The van der Waals surface area contributed by atoms with Gasteiger partial charge in [-0.3, -0.25) is 4.90 Å². The molecule has 0 N–H and O–H groups in total. The lowest BCUT2D eigenvalue weighted by Gasteiger charge is -2.42. The Labute approximate surface area is 150 Å². The molecule has 2 aromatic carbocycles. The van der Waals surface area contributed by atoms with E-state index in [0.29, 0.717) is 12.8 Å². The van der Waals surface area contributed by atoms with Gasteiger partial charge >= 0.3 is 0 Å². The predicted molar refractivity (Wildman–Crippen MR) is 106 cm³/mol. The number of ether oxygens (including phenoxy) is 1. The molecule has 0 saturated carbocycles. The van der Waals surface area contributed by atoms with Crippen molar-refractivity contribution >= 4 is 20.3 Å². The van der Waals surface area contributed by atoms with Gasteiger partial charge in [0.15, 0.2) is 0 Å². The molecule has 0 spiro atoms. The van der Waals surface area contributed by atoms with Gasteiger partial charge < -0.3 is 4.74 Å². The van der Waals surface area contributed by atoms with Crippen molar-refractivity contribution in [3.05, 3.63) is 48.0 Å². The Morgan fingerprint density at radius 1 is 1.12 bits per heavy atom. The van der Waals surface area contributed by atoms with Crippen molar-refractivity contribution in [3.8, 4) is 0 Å². The molecule has 0 unspecified atom stereocenters. The molecule has 3 heteroatoms. The van der Waals surface area contributed by atoms with E-state index in [9.17, 15) is 0 Å². The quantitative estimate of drug-likeness (QED) is 0.341. The number of nitrogens with zero attached hydrogens (tertiary/aromatic N) is 1. The van der Waals surface area contributed by atoms with Gasteiger partial charge in [-0.15, -0.1) is 0 Å². The summed E-state index contributed by atoms with van der Waals surface area (Å²) in [5, 5.41) is 2.79. The van der Waals surface area contributed by atoms with Crippen LogP contribution >= 0.6 is 0 Å². The first-order valence-corrected chi connectivity index (χ1v) is 10.5. The lowest BCUT2D eigenvalue weighted by molar-refractivity contribution is -0.0235. The molecule has 0 aliphatic heterocycles. The van der Waals surface area contributed by atoms with Crippen molar-refractivity contribution in [1.82, 2.24) is 4.90 Å². The Morgan fingerprint density at radius 3 is 2.54 bits per heavy atom. The highest BCUT2D eigenvalue weighted by Crippen LogP contribution is 2.32. The van der Waals surface area contributed by atoms with Crippen LogP contribution in [0.5, 0.6) is 0 Å². The Morgan fingerprint density at radius 2 is 1.83 bits per heavy atom. The zero-order chi connectivity index (χ0) is 17.6. The van der Waals surface area contributed by atoms with Gasteiger partial charge in [-0.25, -0.2) is 0 Å². The standard InChI is InChI=1S/C21H31NOSi/c1-6-7-15-23-16-22(21(3,4)24-5)17(2)19-14-10-12-18-11-8-9-13-20(18)19/h8-14,17H,6-7,15-16H2,1-5H3/t17-/m0/s1. The van der Waals surface area contributed by atoms with Crippen molar-refractivity contribution in [3.63, 3.8) is 0 Å². The number of fused-ring (bicyclic) bond motifs is 1. The molecule has 2 rings (SSSR count). The van der Waals surface area contributed by atoms with Gasteiger partial charge in [0, 0.05) is 17.8 Å². The second kappa shape index (κ2) is 8.79. The van der Waals surface area contributed by atoms with Crippen molar-refractivity contribution in [2.24, 2.45) is 0 Å². The van der Waals surface area contributed by atoms with Crippen LogP contribution in [-0.4, -0.2) is 32.9 Å². The molecular formula is C21H31NOSi. The van der Waals surface area contributed by atoms with E-state index < -0.39 is 0 Å². The fourth-order valence-electron chi connectivity index (χ4n) is 3.09. The Kier molecular flexibility index (Phi) is 7.02. The van der Waals surface area contributed by atoms with E-state index in [0.717, 1.165) is 22.5 Å². The zero-order valence-electron chi connectivity index (χ0n) is 15.8. The summed E-state index contributed by atoms with van der Waals surface area (Å²) in [7, 11) is 0.838. The lowest BCUT2D eigenvalue weighted by Crippen LogP contribution is -2.50. The molecule has 1 atom stereocenters. The summed E-state index contributed by atoms with van der Waals surface area (Å²) in [5.41, 5.74) is 1.39. The van der Waals surface area contributed by atoms with Crippen LogP contribution < -0.4 is 0 Å². The topological polar surface area (TPSA) is 12.5 Å². The van der Waals surface area contributed by atoms with Crippen LogP contribution in [0.15, 0.2) is 42.5 Å². The molecule has 0 amide bonds. The second-order valence-corrected chi connectivity index (χ2v) is 8.64. The Bertz CT molecular complexity index is 635. The minimum Gasteiger partial charge on any atom is -0.366 e. The van der Waals surface area contributed by atoms with E-state index in [4.69, 9.17) is 4.74 Å². The molecule has 0 aliphatic carbocycles. The van der Waals surface area contributed by atoms with Gasteiger partial charge in [0.25, 0.3) is 0 Å². The number of unbranched alkanes of at least 4 members (excludes halogenated alkanes) is 1. The van der Waals surface area contributed by atoms with Crippen LogP contribution in [0.4, 0.5) is 0 Å². The fraction of sp³-hybridized carbons (Fsp3) is 0.524. The third kappa shape index (κ3) is 4.47. The van der Waals surface area contributed by atoms with Crippen molar-refractivity contribution < 1.29 is 4.74 Å². The first-order valence-electron chi connectivity index (χ1n) is 9.02. The van der Waals surface area contributed by atoms with Crippen LogP contribution in [0.25, 0.3) is 10.8 Å². The molecule has 0 fully saturated rings. The van der Waals surface area contributed by atoms with Crippen molar-refractivity contribution in [1.29, 1.82) is 0 Å². The van der Waals surface area contributed by atoms with Gasteiger partial charge in [-0.2, -0.15) is 0 Å². The molecule has 0 saturated heterocycles. The summed E-state index contributed by atoms with van der Waals surface area (Å²) >= 11 is 0. The summed E-state index contributed by atoms with van der Waals surface area (Å²) in [6, 6.07) is 15.6. The Balaban J connectivity index is 2.30. The average Bonchev–Trinajstić information content (AvgIpc) is 2.60. The minimum absolute atomic E-state index is 0.128. The number of benzene rings is 2. The van der Waals surface area contributed by atoms with Gasteiger partial charge in [-0.1, -0.05) is 76.2 Å². The normalized spacial score (nSPS) is 13.6. The maximum Gasteiger partial charge on any atom is 0.0996 e. The maximum atomic E-state index is 6.01. The minimum atomic E-state index is 0.128. The largest absolute Gasteiger partial charge is 0.366 e. The Hall–Kier alpha value is -1.16. The van der Waals surface area contributed by atoms with E-state index in [1.54, 1.807) is 0 Å². The SMILES string of the molecule is CCCCOCN([C@@H](C)c1cccc2ccccc12)C(C)(C)[Si]C. The number of rotatable bonds is 9. The molecular weight excluding hydrogens is 310 g/mol. The predicted octanol–water partition coefficient (Wildman–Crippen LogP) is 5.47. The van der Waals surface area contributed by atoms with E-state index >= 15 is 0 Å². The van der Waals surface area contributed by atoms with Gasteiger partial charge in [0.1, 0.15) is 0 Å². The summed E-state index contributed by atoms with van der Waals surface area (Å²) < 4.78 is 6.01. The van der Waals surface area contributed by atoms with E-state index in [2.05, 4.69) is 81.6 Å². The van der Waals surface area contributed by atoms with Gasteiger partial charge in [0.2, 0.25) is 0 Å². The monoisotopic (exact) mass is 341 g/mol. The van der Waals surface area contributed by atoms with Crippen LogP contribution in [0, 0.1) is 0 Å². The van der Waals surface area contributed by atoms with E-state index in [1.807, 2.05) is 0 Å². The molecule has 0 aliphatic rings. The smallest absolute Gasteiger partial charge is 0.0996 e. The third-order valence-electron chi connectivity index (χ3n) is 4.94. The maximum absolute atomic E-state index is 6.01. The highest BCUT2D eigenvalue weighted by molar-refractivity contribution is 6.38. The van der Waals surface area contributed by atoms with Crippen LogP contribution in [0.1, 0.15) is 52.1 Å². The lowest BCUT2D eigenvalue weighted by atomic mass is 9.98. The summed E-state index contributed by atoms with van der Waals surface area (Å²) in [5.74, 6) is 0. The first kappa shape index (κ1) is 19.2. The fourth-order valence-corrected chi connectivity index (χ4v) is 3.64. The van der Waals surface area contributed by atoms with Crippen LogP contribution in [-0.2, 0) is 4.74 Å². The van der Waals surface area contributed by atoms with Crippen molar-refractivity contribution in [2.75, 3.05) is 13.3 Å². The van der Waals surface area contributed by atoms with Gasteiger partial charge in [-0.05, 0) is 29.7 Å². The molecule has 0 heterocycles. The van der Waals surface area contributed by atoms with E-state index in [1.165, 1.54) is 22.8 Å². The van der Waals surface area contributed by atoms with Crippen LogP contribution in [0.3, 0.4) is 0 Å². The molecule has 2 radical (unpaired) electrons.